The van der Waals surface area contributed by atoms with Crippen molar-refractivity contribution in [3.05, 3.63) is 66.0 Å². The van der Waals surface area contributed by atoms with Crippen molar-refractivity contribution >= 4 is 29.0 Å². The first-order valence-electron chi connectivity index (χ1n) is 11.2. The van der Waals surface area contributed by atoms with E-state index in [0.717, 1.165) is 17.3 Å². The number of rotatable bonds is 6. The van der Waals surface area contributed by atoms with Crippen LogP contribution in [0.5, 0.6) is 5.75 Å². The summed E-state index contributed by atoms with van der Waals surface area (Å²) in [6, 6.07) is 17.5. The van der Waals surface area contributed by atoms with Crippen LogP contribution in [0.2, 0.25) is 0 Å². The number of nitrogens with zero attached hydrogens (tertiary/aromatic N) is 4. The highest BCUT2D eigenvalue weighted by Crippen LogP contribution is 2.25. The Kier molecular flexibility index (Phi) is 6.92. The summed E-state index contributed by atoms with van der Waals surface area (Å²) in [6.45, 7) is 9.03. The molecule has 0 saturated carbocycles. The quantitative estimate of drug-likeness (QED) is 0.576. The number of aromatic nitrogens is 2. The molecule has 1 fully saturated rings. The first-order valence-corrected chi connectivity index (χ1v) is 11.2. The highest BCUT2D eigenvalue weighted by molar-refractivity contribution is 5.91. The second-order valence-corrected chi connectivity index (χ2v) is 7.98. The van der Waals surface area contributed by atoms with Gasteiger partial charge in [0.2, 0.25) is 0 Å². The van der Waals surface area contributed by atoms with Gasteiger partial charge in [-0.15, -0.1) is 0 Å². The number of hydrogen-bond donors (Lipinski definition) is 2. The molecule has 2 aromatic carbocycles. The van der Waals surface area contributed by atoms with E-state index >= 15 is 0 Å². The first kappa shape index (κ1) is 22.4. The third-order valence-corrected chi connectivity index (χ3v) is 5.47. The van der Waals surface area contributed by atoms with E-state index in [0.29, 0.717) is 50.0 Å². The Morgan fingerprint density at radius 3 is 2.45 bits per heavy atom. The van der Waals surface area contributed by atoms with Crippen LogP contribution >= 0.6 is 0 Å². The third-order valence-electron chi connectivity index (χ3n) is 5.47. The summed E-state index contributed by atoms with van der Waals surface area (Å²) in [4.78, 5) is 26.0. The van der Waals surface area contributed by atoms with Crippen LogP contribution in [-0.2, 0) is 0 Å². The van der Waals surface area contributed by atoms with Gasteiger partial charge in [-0.25, -0.2) is 14.8 Å². The third kappa shape index (κ3) is 5.71. The number of ether oxygens (including phenoxy) is 1. The van der Waals surface area contributed by atoms with Crippen molar-refractivity contribution in [3.8, 4) is 5.75 Å². The minimum atomic E-state index is -0.123. The Morgan fingerprint density at radius 1 is 1.00 bits per heavy atom. The van der Waals surface area contributed by atoms with Crippen LogP contribution in [0, 0.1) is 13.8 Å². The van der Waals surface area contributed by atoms with Gasteiger partial charge in [0.25, 0.3) is 0 Å². The number of amides is 2. The summed E-state index contributed by atoms with van der Waals surface area (Å²) >= 11 is 0. The summed E-state index contributed by atoms with van der Waals surface area (Å²) in [5.74, 6) is 3.00. The standard InChI is InChI=1S/C25H30N6O2/c1-4-33-22-8-6-5-7-21(22)29-25(32)31-15-13-30(14-16-31)24-17-23(26-19(3)27-24)28-20-11-9-18(2)10-12-20/h5-12,17H,4,13-16H2,1-3H3,(H,29,32)(H,26,27,28). The minimum Gasteiger partial charge on any atom is -0.492 e. The molecule has 4 rings (SSSR count). The normalized spacial score (nSPS) is 13.5. The van der Waals surface area contributed by atoms with E-state index in [9.17, 15) is 4.79 Å². The number of nitrogens with one attached hydrogen (secondary N) is 2. The second kappa shape index (κ2) is 10.2. The van der Waals surface area contributed by atoms with Gasteiger partial charge in [-0.05, 0) is 45.0 Å². The lowest BCUT2D eigenvalue weighted by Gasteiger charge is -2.35. The van der Waals surface area contributed by atoms with E-state index in [1.54, 1.807) is 0 Å². The molecule has 2 heterocycles. The minimum absolute atomic E-state index is 0.123. The van der Waals surface area contributed by atoms with Crippen molar-refractivity contribution in [2.75, 3.05) is 48.3 Å². The van der Waals surface area contributed by atoms with Crippen LogP contribution in [0.4, 0.5) is 27.8 Å². The highest BCUT2D eigenvalue weighted by atomic mass is 16.5. The maximum absolute atomic E-state index is 12.8. The van der Waals surface area contributed by atoms with E-state index in [-0.39, 0.29) is 6.03 Å². The van der Waals surface area contributed by atoms with Crippen LogP contribution < -0.4 is 20.3 Å². The fourth-order valence-electron chi connectivity index (χ4n) is 3.75. The van der Waals surface area contributed by atoms with E-state index in [1.165, 1.54) is 5.56 Å². The number of aryl methyl sites for hydroxylation is 2. The smallest absolute Gasteiger partial charge is 0.322 e. The molecule has 0 radical (unpaired) electrons. The molecule has 2 N–H and O–H groups in total. The molecule has 172 valence electrons. The molecular weight excluding hydrogens is 416 g/mol. The molecule has 3 aromatic rings. The fraction of sp³-hybridized carbons (Fsp3) is 0.320. The maximum Gasteiger partial charge on any atom is 0.322 e. The average Bonchev–Trinajstić information content (AvgIpc) is 2.82. The number of piperazine rings is 1. The summed E-state index contributed by atoms with van der Waals surface area (Å²) in [5.41, 5.74) is 2.88. The predicted molar refractivity (Wildman–Crippen MR) is 132 cm³/mol. The molecule has 8 nitrogen and oxygen atoms in total. The Balaban J connectivity index is 1.38. The van der Waals surface area contributed by atoms with E-state index in [1.807, 2.05) is 61.2 Å². The summed E-state index contributed by atoms with van der Waals surface area (Å²) in [5, 5.41) is 6.33. The van der Waals surface area contributed by atoms with Crippen LogP contribution in [0.1, 0.15) is 18.3 Å². The zero-order chi connectivity index (χ0) is 23.2. The molecule has 0 aliphatic carbocycles. The summed E-state index contributed by atoms with van der Waals surface area (Å²) in [6.07, 6.45) is 0. The SMILES string of the molecule is CCOc1ccccc1NC(=O)N1CCN(c2cc(Nc3ccc(C)cc3)nc(C)n2)CC1. The molecule has 2 amide bonds. The molecular formula is C25H30N6O2. The Morgan fingerprint density at radius 2 is 1.73 bits per heavy atom. The number of benzene rings is 2. The molecule has 0 bridgehead atoms. The summed E-state index contributed by atoms with van der Waals surface area (Å²) < 4.78 is 5.61. The van der Waals surface area contributed by atoms with Gasteiger partial charge in [0.1, 0.15) is 23.2 Å². The Bertz CT molecular complexity index is 1090. The number of urea groups is 1. The second-order valence-electron chi connectivity index (χ2n) is 7.98. The molecule has 1 aliphatic heterocycles. The highest BCUT2D eigenvalue weighted by Gasteiger charge is 2.23. The van der Waals surface area contributed by atoms with Crippen LogP contribution in [-0.4, -0.2) is 53.7 Å². The van der Waals surface area contributed by atoms with Crippen molar-refractivity contribution in [1.29, 1.82) is 0 Å². The molecule has 1 saturated heterocycles. The monoisotopic (exact) mass is 446 g/mol. The maximum atomic E-state index is 12.8. The van der Waals surface area contributed by atoms with Crippen molar-refractivity contribution in [1.82, 2.24) is 14.9 Å². The number of anilines is 4. The van der Waals surface area contributed by atoms with Gasteiger partial charge in [0.05, 0.1) is 12.3 Å². The van der Waals surface area contributed by atoms with Gasteiger partial charge in [0, 0.05) is 37.9 Å². The van der Waals surface area contributed by atoms with Gasteiger partial charge < -0.3 is 25.2 Å². The zero-order valence-corrected chi connectivity index (χ0v) is 19.3. The lowest BCUT2D eigenvalue weighted by Crippen LogP contribution is -2.50. The van der Waals surface area contributed by atoms with Crippen LogP contribution in [0.15, 0.2) is 54.6 Å². The number of para-hydroxylation sites is 2. The lowest BCUT2D eigenvalue weighted by molar-refractivity contribution is 0.208. The van der Waals surface area contributed by atoms with Crippen molar-refractivity contribution < 1.29 is 9.53 Å². The molecule has 0 atom stereocenters. The molecule has 8 heteroatoms. The van der Waals surface area contributed by atoms with Crippen molar-refractivity contribution in [2.45, 2.75) is 20.8 Å². The zero-order valence-electron chi connectivity index (χ0n) is 19.3. The van der Waals surface area contributed by atoms with Gasteiger partial charge in [-0.1, -0.05) is 29.8 Å². The molecule has 0 spiro atoms. The fourth-order valence-corrected chi connectivity index (χ4v) is 3.75. The van der Waals surface area contributed by atoms with Crippen LogP contribution in [0.3, 0.4) is 0 Å². The lowest BCUT2D eigenvalue weighted by atomic mass is 10.2. The Labute approximate surface area is 194 Å². The predicted octanol–water partition coefficient (Wildman–Crippen LogP) is 4.59. The summed E-state index contributed by atoms with van der Waals surface area (Å²) in [7, 11) is 0. The van der Waals surface area contributed by atoms with Crippen molar-refractivity contribution in [2.24, 2.45) is 0 Å². The molecule has 1 aromatic heterocycles. The first-order chi connectivity index (χ1) is 16.0. The number of hydrogen-bond acceptors (Lipinski definition) is 6. The van der Waals surface area contributed by atoms with Gasteiger partial charge in [-0.3, -0.25) is 0 Å². The topological polar surface area (TPSA) is 82.6 Å². The van der Waals surface area contributed by atoms with E-state index < -0.39 is 0 Å². The number of carbonyl (C=O) groups excluding carboxylic acids is 1. The molecule has 1 aliphatic rings. The molecule has 33 heavy (non-hydrogen) atoms. The molecule has 0 unspecified atom stereocenters. The van der Waals surface area contributed by atoms with Gasteiger partial charge >= 0.3 is 6.03 Å². The Hall–Kier alpha value is -3.81. The van der Waals surface area contributed by atoms with E-state index in [4.69, 9.17) is 4.74 Å². The van der Waals surface area contributed by atoms with Crippen LogP contribution in [0.25, 0.3) is 0 Å². The van der Waals surface area contributed by atoms with Gasteiger partial charge in [0.15, 0.2) is 0 Å². The number of carbonyl (C=O) groups is 1. The van der Waals surface area contributed by atoms with Crippen molar-refractivity contribution in [3.63, 3.8) is 0 Å². The largest absolute Gasteiger partial charge is 0.492 e. The van der Waals surface area contributed by atoms with E-state index in [2.05, 4.69) is 44.6 Å². The van der Waals surface area contributed by atoms with Gasteiger partial charge in [-0.2, -0.15) is 0 Å². The average molecular weight is 447 g/mol.